The molecule has 370 valence electrons. The molecule has 20 nitrogen and oxygen atoms in total. The highest BCUT2D eigenvalue weighted by molar-refractivity contribution is 6.01. The fraction of sp³-hybridized carbons (Fsp3) is 0.542. The molecule has 0 bridgehead atoms. The van der Waals surface area contributed by atoms with Crippen LogP contribution in [0.3, 0.4) is 0 Å². The summed E-state index contributed by atoms with van der Waals surface area (Å²) in [5, 5.41) is 12.2. The smallest absolute Gasteiger partial charge is 0.410 e. The van der Waals surface area contributed by atoms with Crippen LogP contribution in [0, 0.1) is 17.6 Å². The number of piperazine rings is 1. The van der Waals surface area contributed by atoms with E-state index in [1.165, 1.54) is 6.33 Å². The summed E-state index contributed by atoms with van der Waals surface area (Å²) in [6.07, 6.45) is 8.71. The number of nitrogens with one attached hydrogen (secondary N) is 1. The first-order chi connectivity index (χ1) is 33.7. The number of carbonyl (C=O) groups excluding carboxylic acids is 4. The summed E-state index contributed by atoms with van der Waals surface area (Å²) in [6, 6.07) is 2.15. The molecule has 4 amide bonds. The van der Waals surface area contributed by atoms with Crippen molar-refractivity contribution >= 4 is 46.4 Å². The van der Waals surface area contributed by atoms with Crippen molar-refractivity contribution in [2.75, 3.05) is 76.1 Å². The summed E-state index contributed by atoms with van der Waals surface area (Å²) in [7, 11) is 0. The quantitative estimate of drug-likeness (QED) is 0.166. The second-order valence-corrected chi connectivity index (χ2v) is 20.0. The van der Waals surface area contributed by atoms with Gasteiger partial charge in [0.05, 0.1) is 16.5 Å². The fourth-order valence-corrected chi connectivity index (χ4v) is 10.0. The summed E-state index contributed by atoms with van der Waals surface area (Å²) < 4.78 is 49.3. The summed E-state index contributed by atoms with van der Waals surface area (Å²) >= 11 is 0. The first kappa shape index (κ1) is 46.9. The maximum Gasteiger partial charge on any atom is 0.410 e. The van der Waals surface area contributed by atoms with Crippen LogP contribution in [-0.4, -0.2) is 145 Å². The van der Waals surface area contributed by atoms with Crippen LogP contribution >= 0.6 is 0 Å². The van der Waals surface area contributed by atoms with Gasteiger partial charge in [-0.3, -0.25) is 24.6 Å². The van der Waals surface area contributed by atoms with Crippen LogP contribution < -0.4 is 20.7 Å². The molecule has 0 spiro atoms. The monoisotopic (exact) mass is 965 g/mol. The van der Waals surface area contributed by atoms with Crippen LogP contribution in [0.2, 0.25) is 0 Å². The molecular formula is C48H57F2N13O7. The number of amides is 4. The highest BCUT2D eigenvalue weighted by atomic mass is 19.1. The van der Waals surface area contributed by atoms with Gasteiger partial charge in [-0.25, -0.2) is 38.2 Å². The van der Waals surface area contributed by atoms with E-state index in [4.69, 9.17) is 34.8 Å². The minimum Gasteiger partial charge on any atom is -0.480 e. The number of anilines is 2. The lowest BCUT2D eigenvalue weighted by Gasteiger charge is -2.39. The maximum absolute atomic E-state index is 15.2. The second kappa shape index (κ2) is 19.2. The SMILES string of the molecule is CC(C)(C)n1nc(-c2noc(C3CC3)c2-c2ncc(C3CCN(C(=O)OCC(=O)N4CCC(CN5CCN(c6c(F)cc(O[C@H]7CCC(=O)NC7=O)cc6F)CC5)CC4)CC3)cn2)c2c(N)ncnc21. The highest BCUT2D eigenvalue weighted by Crippen LogP contribution is 2.48. The molecule has 5 aromatic rings. The lowest BCUT2D eigenvalue weighted by molar-refractivity contribution is -0.139. The van der Waals surface area contributed by atoms with Crippen molar-refractivity contribution in [2.24, 2.45) is 5.92 Å². The lowest BCUT2D eigenvalue weighted by atomic mass is 9.91. The molecule has 10 rings (SSSR count). The zero-order valence-electron chi connectivity index (χ0n) is 39.5. The number of ether oxygens (including phenoxy) is 2. The van der Waals surface area contributed by atoms with Crippen LogP contribution in [0.4, 0.5) is 25.1 Å². The predicted octanol–water partition coefficient (Wildman–Crippen LogP) is 4.99. The Labute approximate surface area is 402 Å². The van der Waals surface area contributed by atoms with E-state index in [-0.39, 0.29) is 48.6 Å². The van der Waals surface area contributed by atoms with E-state index >= 15 is 8.78 Å². The Balaban J connectivity index is 0.666. The topological polar surface area (TPSA) is 233 Å². The van der Waals surface area contributed by atoms with Gasteiger partial charge < -0.3 is 34.4 Å². The van der Waals surface area contributed by atoms with Crippen molar-refractivity contribution in [3.05, 3.63) is 53.8 Å². The van der Waals surface area contributed by atoms with Gasteiger partial charge in [0.2, 0.25) is 5.91 Å². The number of likely N-dealkylation sites (tertiary alicyclic amines) is 2. The molecule has 0 radical (unpaired) electrons. The largest absolute Gasteiger partial charge is 0.480 e. The van der Waals surface area contributed by atoms with Gasteiger partial charge in [0, 0.05) is 102 Å². The average molecular weight is 966 g/mol. The van der Waals surface area contributed by atoms with Crippen molar-refractivity contribution in [2.45, 2.75) is 95.6 Å². The average Bonchev–Trinajstić information content (AvgIpc) is 3.96. The minimum absolute atomic E-state index is 0.0908. The van der Waals surface area contributed by atoms with Gasteiger partial charge in [-0.2, -0.15) is 5.10 Å². The van der Waals surface area contributed by atoms with Gasteiger partial charge in [0.15, 0.2) is 41.6 Å². The molecule has 3 N–H and O–H groups in total. The van der Waals surface area contributed by atoms with Crippen LogP contribution in [-0.2, 0) is 24.7 Å². The molecule has 70 heavy (non-hydrogen) atoms. The molecule has 1 atom stereocenters. The third-order valence-electron chi connectivity index (χ3n) is 14.1. The molecule has 1 saturated carbocycles. The summed E-state index contributed by atoms with van der Waals surface area (Å²) in [6.45, 7) is 10.7. The number of nitrogen functional groups attached to an aromatic ring is 1. The number of rotatable bonds is 11. The number of carbonyl (C=O) groups is 4. The molecule has 0 unspecified atom stereocenters. The van der Waals surface area contributed by atoms with Gasteiger partial charge >= 0.3 is 6.09 Å². The van der Waals surface area contributed by atoms with E-state index in [0.717, 1.165) is 55.7 Å². The van der Waals surface area contributed by atoms with Crippen molar-refractivity contribution in [3.8, 4) is 28.5 Å². The Morgan fingerprint density at radius 1 is 0.843 bits per heavy atom. The van der Waals surface area contributed by atoms with E-state index in [9.17, 15) is 19.2 Å². The molecular weight excluding hydrogens is 909 g/mol. The molecule has 5 fully saturated rings. The number of aromatic nitrogens is 7. The van der Waals surface area contributed by atoms with Gasteiger partial charge in [-0.05, 0) is 76.7 Å². The van der Waals surface area contributed by atoms with E-state index in [1.54, 1.807) is 14.7 Å². The van der Waals surface area contributed by atoms with Crippen molar-refractivity contribution in [3.63, 3.8) is 0 Å². The number of nitrogens with zero attached hydrogens (tertiary/aromatic N) is 11. The van der Waals surface area contributed by atoms with Gasteiger partial charge in [-0.15, -0.1) is 0 Å². The fourth-order valence-electron chi connectivity index (χ4n) is 10.0. The first-order valence-corrected chi connectivity index (χ1v) is 24.2. The number of halogens is 2. The zero-order chi connectivity index (χ0) is 48.8. The second-order valence-electron chi connectivity index (χ2n) is 20.0. The summed E-state index contributed by atoms with van der Waals surface area (Å²) in [5.74, 6) is -0.757. The van der Waals surface area contributed by atoms with Gasteiger partial charge in [-0.1, -0.05) is 5.16 Å². The minimum atomic E-state index is -0.995. The number of hydrogen-bond acceptors (Lipinski definition) is 16. The zero-order valence-corrected chi connectivity index (χ0v) is 39.5. The molecule has 1 aliphatic carbocycles. The number of hydrogen-bond donors (Lipinski definition) is 2. The first-order valence-electron chi connectivity index (χ1n) is 24.2. The van der Waals surface area contributed by atoms with E-state index in [1.807, 2.05) is 37.8 Å². The molecule has 8 heterocycles. The van der Waals surface area contributed by atoms with Crippen LogP contribution in [0.15, 0.2) is 35.4 Å². The Morgan fingerprint density at radius 2 is 1.53 bits per heavy atom. The number of piperidine rings is 3. The molecule has 5 aliphatic rings. The molecule has 1 aromatic carbocycles. The van der Waals surface area contributed by atoms with Crippen LogP contribution in [0.25, 0.3) is 33.8 Å². The molecule has 4 saturated heterocycles. The number of benzene rings is 1. The standard InChI is InChI=1S/C48H57F2N13O7/c1-48(2,3)63-45-38(43(51)54-26-55-45)39(57-63)40-37(42(70-58-40)29-4-5-29)44-52-22-30(23-53-44)28-10-14-62(15-11-28)47(67)68-25-36(65)60-12-8-27(9-13-60)24-59-16-18-61(19-17-59)41-32(49)20-31(21-33(41)50)69-34-6-7-35(64)56-46(34)66/h20-23,26-29,34H,4-19,24-25H2,1-3H3,(H2,51,54,55)(H,56,64,66)/t34-/m0/s1. The normalized spacial score (nSPS) is 20.0. The Hall–Kier alpha value is -6.84. The summed E-state index contributed by atoms with van der Waals surface area (Å²) in [5.41, 5.74) is 9.11. The Kier molecular flexibility index (Phi) is 12.8. The van der Waals surface area contributed by atoms with Crippen molar-refractivity contribution in [1.29, 1.82) is 0 Å². The number of nitrogens with two attached hydrogens (primary N) is 1. The highest BCUT2D eigenvalue weighted by Gasteiger charge is 2.38. The van der Waals surface area contributed by atoms with E-state index in [0.29, 0.717) is 111 Å². The third kappa shape index (κ3) is 9.69. The maximum atomic E-state index is 15.2. The third-order valence-corrected chi connectivity index (χ3v) is 14.1. The van der Waals surface area contributed by atoms with Crippen molar-refractivity contribution < 1.29 is 42.0 Å². The molecule has 4 aromatic heterocycles. The Bertz CT molecular complexity index is 2760. The Morgan fingerprint density at radius 3 is 2.19 bits per heavy atom. The molecule has 4 aliphatic heterocycles. The number of imide groups is 1. The van der Waals surface area contributed by atoms with E-state index < -0.39 is 41.2 Å². The van der Waals surface area contributed by atoms with Gasteiger partial charge in [0.25, 0.3) is 11.8 Å². The number of fused-ring (bicyclic) bond motifs is 1. The van der Waals surface area contributed by atoms with E-state index in [2.05, 4.69) is 25.3 Å². The summed E-state index contributed by atoms with van der Waals surface area (Å²) in [4.78, 5) is 75.5. The molecule has 22 heteroatoms. The van der Waals surface area contributed by atoms with Crippen LogP contribution in [0.5, 0.6) is 5.75 Å². The van der Waals surface area contributed by atoms with Gasteiger partial charge in [0.1, 0.15) is 35.0 Å². The van der Waals surface area contributed by atoms with Crippen LogP contribution in [0.1, 0.15) is 95.3 Å². The predicted molar refractivity (Wildman–Crippen MR) is 249 cm³/mol. The lowest BCUT2D eigenvalue weighted by Crippen LogP contribution is -2.50. The van der Waals surface area contributed by atoms with Crippen molar-refractivity contribution in [1.82, 2.24) is 54.9 Å².